The largest absolute Gasteiger partial charge is 0.414 e. The van der Waals surface area contributed by atoms with Crippen molar-refractivity contribution in [3.8, 4) is 0 Å². The first-order chi connectivity index (χ1) is 7.17. The van der Waals surface area contributed by atoms with Crippen LogP contribution in [0.4, 0.5) is 0 Å². The first kappa shape index (κ1) is 15.0. The van der Waals surface area contributed by atoms with E-state index in [2.05, 4.69) is 63.4 Å². The van der Waals surface area contributed by atoms with Crippen LogP contribution in [0.1, 0.15) is 40.5 Å². The van der Waals surface area contributed by atoms with Crippen LogP contribution in [0.15, 0.2) is 0 Å². The lowest BCUT2D eigenvalue weighted by Crippen LogP contribution is -2.43. The molecule has 96 valence electrons. The van der Waals surface area contributed by atoms with Gasteiger partial charge in [0.1, 0.15) is 0 Å². The van der Waals surface area contributed by atoms with Gasteiger partial charge in [0.15, 0.2) is 8.32 Å². The Bertz CT molecular complexity index is 235. The molecule has 1 nitrogen and oxygen atoms in total. The lowest BCUT2D eigenvalue weighted by Gasteiger charge is -2.38. The Kier molecular flexibility index (Phi) is 4.93. The van der Waals surface area contributed by atoms with E-state index in [0.717, 1.165) is 11.8 Å². The number of halogens is 1. The van der Waals surface area contributed by atoms with Gasteiger partial charge in [-0.3, -0.25) is 0 Å². The third-order valence-corrected chi connectivity index (χ3v) is 9.94. The zero-order valence-electron chi connectivity index (χ0n) is 11.6. The molecule has 0 radical (unpaired) electrons. The molecule has 3 heteroatoms. The molecule has 0 aromatic heterocycles. The van der Waals surface area contributed by atoms with Gasteiger partial charge in [0.25, 0.3) is 0 Å². The first-order valence-corrected chi connectivity index (χ1v) is 10.8. The van der Waals surface area contributed by atoms with Crippen LogP contribution < -0.4 is 0 Å². The highest BCUT2D eigenvalue weighted by Gasteiger charge is 2.41. The highest BCUT2D eigenvalue weighted by Crippen LogP contribution is 2.45. The van der Waals surface area contributed by atoms with Gasteiger partial charge in [0, 0.05) is 10.5 Å². The van der Waals surface area contributed by atoms with Crippen LogP contribution in [0.5, 0.6) is 0 Å². The Labute approximate surface area is 116 Å². The maximum absolute atomic E-state index is 6.38. The van der Waals surface area contributed by atoms with Crippen LogP contribution >= 0.6 is 22.6 Å². The predicted molar refractivity (Wildman–Crippen MR) is 82.8 cm³/mol. The summed E-state index contributed by atoms with van der Waals surface area (Å²) >= 11 is 2.51. The van der Waals surface area contributed by atoms with Crippen molar-refractivity contribution in [3.63, 3.8) is 0 Å². The zero-order valence-corrected chi connectivity index (χ0v) is 14.8. The van der Waals surface area contributed by atoms with E-state index in [1.54, 1.807) is 0 Å². The smallest absolute Gasteiger partial charge is 0.192 e. The second-order valence-corrected chi connectivity index (χ2v) is 12.5. The summed E-state index contributed by atoms with van der Waals surface area (Å²) in [6, 6.07) is 0. The molecular weight excluding hydrogens is 327 g/mol. The molecule has 0 amide bonds. The van der Waals surface area contributed by atoms with Crippen molar-refractivity contribution in [1.29, 1.82) is 0 Å². The Morgan fingerprint density at radius 1 is 1.31 bits per heavy atom. The van der Waals surface area contributed by atoms with Crippen LogP contribution in [0.3, 0.4) is 0 Å². The number of hydrogen-bond acceptors (Lipinski definition) is 1. The molecule has 0 spiro atoms. The maximum Gasteiger partial charge on any atom is 0.192 e. The average molecular weight is 354 g/mol. The van der Waals surface area contributed by atoms with Crippen molar-refractivity contribution in [2.45, 2.75) is 64.8 Å². The third-order valence-electron chi connectivity index (χ3n) is 4.20. The van der Waals surface area contributed by atoms with Crippen LogP contribution in [0.2, 0.25) is 18.1 Å². The van der Waals surface area contributed by atoms with E-state index in [-0.39, 0.29) is 0 Å². The molecule has 0 N–H and O–H groups in total. The summed E-state index contributed by atoms with van der Waals surface area (Å²) in [6.45, 7) is 13.9. The zero-order chi connectivity index (χ0) is 12.6. The molecule has 1 fully saturated rings. The van der Waals surface area contributed by atoms with E-state index in [4.69, 9.17) is 4.43 Å². The van der Waals surface area contributed by atoms with Gasteiger partial charge in [-0.1, -0.05) is 43.4 Å². The van der Waals surface area contributed by atoms with Gasteiger partial charge in [0.05, 0.1) is 0 Å². The molecule has 0 aromatic rings. The molecule has 1 aliphatic carbocycles. The molecule has 0 bridgehead atoms. The van der Waals surface area contributed by atoms with E-state index in [1.165, 1.54) is 17.3 Å². The quantitative estimate of drug-likeness (QED) is 0.389. The van der Waals surface area contributed by atoms with Crippen molar-refractivity contribution in [1.82, 2.24) is 0 Å². The van der Waals surface area contributed by atoms with E-state index in [1.807, 2.05) is 0 Å². The Morgan fingerprint density at radius 3 is 2.25 bits per heavy atom. The summed E-state index contributed by atoms with van der Waals surface area (Å²) in [5.41, 5.74) is 0. The van der Waals surface area contributed by atoms with Crippen molar-refractivity contribution in [3.05, 3.63) is 0 Å². The third kappa shape index (κ3) is 3.98. The van der Waals surface area contributed by atoms with E-state index >= 15 is 0 Å². The first-order valence-electron chi connectivity index (χ1n) is 6.41. The standard InChI is InChI=1S/C13H27IOSi/c1-10(7-11-8-12(11)9-14)15-16(5,6)13(2,3)4/h10-12H,7-9H2,1-6H3/t10-,11-,12+/m0/s1. The van der Waals surface area contributed by atoms with Crippen molar-refractivity contribution in [2.75, 3.05) is 4.43 Å². The van der Waals surface area contributed by atoms with Crippen molar-refractivity contribution < 1.29 is 4.43 Å². The predicted octanol–water partition coefficient (Wildman–Crippen LogP) is 4.86. The fourth-order valence-corrected chi connectivity index (χ4v) is 4.48. The fourth-order valence-electron chi connectivity index (χ4n) is 1.94. The monoisotopic (exact) mass is 354 g/mol. The minimum atomic E-state index is -1.54. The van der Waals surface area contributed by atoms with Gasteiger partial charge in [-0.15, -0.1) is 0 Å². The van der Waals surface area contributed by atoms with Gasteiger partial charge in [-0.25, -0.2) is 0 Å². The summed E-state index contributed by atoms with van der Waals surface area (Å²) in [4.78, 5) is 0. The lowest BCUT2D eigenvalue weighted by molar-refractivity contribution is 0.181. The SMILES string of the molecule is C[C@@H](C[C@H]1C[C@@H]1CI)O[Si](C)(C)C(C)(C)C. The molecule has 16 heavy (non-hydrogen) atoms. The number of alkyl halides is 1. The topological polar surface area (TPSA) is 9.23 Å². The van der Waals surface area contributed by atoms with Crippen LogP contribution in [0, 0.1) is 11.8 Å². The van der Waals surface area contributed by atoms with Crippen molar-refractivity contribution in [2.24, 2.45) is 11.8 Å². The van der Waals surface area contributed by atoms with E-state index in [9.17, 15) is 0 Å². The molecule has 1 aliphatic rings. The minimum Gasteiger partial charge on any atom is -0.414 e. The lowest BCUT2D eigenvalue weighted by atomic mass is 10.2. The van der Waals surface area contributed by atoms with E-state index < -0.39 is 8.32 Å². The van der Waals surface area contributed by atoms with Gasteiger partial charge in [-0.2, -0.15) is 0 Å². The summed E-state index contributed by atoms with van der Waals surface area (Å²) in [6.07, 6.45) is 3.17. The second-order valence-electron chi connectivity index (χ2n) is 6.83. The summed E-state index contributed by atoms with van der Waals surface area (Å²) in [5, 5.41) is 0.341. The summed E-state index contributed by atoms with van der Waals surface area (Å²) in [5.74, 6) is 1.95. The van der Waals surface area contributed by atoms with Crippen LogP contribution in [-0.2, 0) is 4.43 Å². The van der Waals surface area contributed by atoms with Crippen molar-refractivity contribution >= 4 is 30.9 Å². The molecule has 0 aliphatic heterocycles. The molecule has 3 atom stereocenters. The fraction of sp³-hybridized carbons (Fsp3) is 1.00. The van der Waals surface area contributed by atoms with Crippen LogP contribution in [-0.4, -0.2) is 18.8 Å². The molecule has 1 saturated carbocycles. The molecule has 0 unspecified atom stereocenters. The minimum absolute atomic E-state index is 0.341. The van der Waals surface area contributed by atoms with Gasteiger partial charge in [-0.05, 0) is 49.7 Å². The Hall–Kier alpha value is 0.907. The summed E-state index contributed by atoms with van der Waals surface area (Å²) < 4.78 is 7.71. The Morgan fingerprint density at radius 2 is 1.88 bits per heavy atom. The maximum atomic E-state index is 6.38. The number of rotatable bonds is 5. The molecule has 1 rings (SSSR count). The van der Waals surface area contributed by atoms with E-state index in [0.29, 0.717) is 11.1 Å². The highest BCUT2D eigenvalue weighted by molar-refractivity contribution is 14.1. The average Bonchev–Trinajstić information content (AvgIpc) is 2.79. The molecule has 0 aromatic carbocycles. The second kappa shape index (κ2) is 5.27. The van der Waals surface area contributed by atoms with Gasteiger partial charge < -0.3 is 4.43 Å². The van der Waals surface area contributed by atoms with Gasteiger partial charge >= 0.3 is 0 Å². The van der Waals surface area contributed by atoms with Gasteiger partial charge in [0.2, 0.25) is 0 Å². The normalized spacial score (nSPS) is 27.9. The van der Waals surface area contributed by atoms with Crippen LogP contribution in [0.25, 0.3) is 0 Å². The molecule has 0 heterocycles. The Balaban J connectivity index is 2.37. The molecule has 0 saturated heterocycles. The molecular formula is C13H27IOSi. The number of hydrogen-bond donors (Lipinski definition) is 0. The highest BCUT2D eigenvalue weighted by atomic mass is 127. The summed E-state index contributed by atoms with van der Waals surface area (Å²) in [7, 11) is -1.54.